The van der Waals surface area contributed by atoms with Crippen molar-refractivity contribution in [3.05, 3.63) is 59.7 Å². The van der Waals surface area contributed by atoms with Crippen LogP contribution in [-0.4, -0.2) is 45.1 Å². The largest absolute Gasteiger partial charge is 0.573 e. The predicted molar refractivity (Wildman–Crippen MR) is 118 cm³/mol. The van der Waals surface area contributed by atoms with Gasteiger partial charge < -0.3 is 20.7 Å². The van der Waals surface area contributed by atoms with E-state index in [2.05, 4.69) is 20.1 Å². The van der Waals surface area contributed by atoms with Crippen molar-refractivity contribution in [1.82, 2.24) is 25.0 Å². The first-order valence-electron chi connectivity index (χ1n) is 10.9. The Bertz CT molecular complexity index is 1270. The van der Waals surface area contributed by atoms with E-state index in [9.17, 15) is 22.4 Å². The third kappa shape index (κ3) is 4.35. The van der Waals surface area contributed by atoms with Crippen molar-refractivity contribution in [2.45, 2.75) is 37.7 Å². The number of nitrogens with two attached hydrogens (primary N) is 1. The molecule has 8 nitrogen and oxygen atoms in total. The number of ether oxygens (including phenoxy) is 1. The number of benzene rings is 1. The van der Waals surface area contributed by atoms with Crippen LogP contribution in [0.3, 0.4) is 0 Å². The van der Waals surface area contributed by atoms with Gasteiger partial charge in [0.25, 0.3) is 0 Å². The second-order valence-electron chi connectivity index (χ2n) is 8.90. The molecule has 4 heterocycles. The molecule has 12 heteroatoms. The number of anilines is 1. The standard InChI is InChI=1S/C23H22F4N6O2/c1-13(14-2-4-16(24)5-3-14)30-21(34)32-11-22(12-32)6-7-33-19(22)9-17(31-33)15-8-18(20(28)29-10-15)35-23(25,26)27/h2-5,8-10,13H,6-7,11-12H2,1H3,(H2,28,29)(H,30,34). The molecule has 1 unspecified atom stereocenters. The molecule has 0 aliphatic carbocycles. The van der Waals surface area contributed by atoms with Crippen LogP contribution in [0.5, 0.6) is 5.75 Å². The summed E-state index contributed by atoms with van der Waals surface area (Å²) < 4.78 is 56.9. The normalized spacial score (nSPS) is 17.1. The Kier molecular flexibility index (Phi) is 5.33. The Labute approximate surface area is 197 Å². The number of hydrogen-bond acceptors (Lipinski definition) is 5. The van der Waals surface area contributed by atoms with Gasteiger partial charge >= 0.3 is 12.4 Å². The van der Waals surface area contributed by atoms with Crippen molar-refractivity contribution < 1.29 is 27.1 Å². The van der Waals surface area contributed by atoms with Gasteiger partial charge in [-0.15, -0.1) is 13.2 Å². The number of nitrogens with zero attached hydrogens (tertiary/aromatic N) is 4. The molecule has 0 radical (unpaired) electrons. The van der Waals surface area contributed by atoms with E-state index >= 15 is 0 Å². The van der Waals surface area contributed by atoms with E-state index in [-0.39, 0.29) is 29.1 Å². The van der Waals surface area contributed by atoms with Crippen molar-refractivity contribution >= 4 is 11.8 Å². The Morgan fingerprint density at radius 2 is 1.94 bits per heavy atom. The molecule has 2 aromatic heterocycles. The quantitative estimate of drug-likeness (QED) is 0.539. The number of nitrogens with one attached hydrogen (secondary N) is 1. The van der Waals surface area contributed by atoms with Crippen LogP contribution in [0.25, 0.3) is 11.3 Å². The summed E-state index contributed by atoms with van der Waals surface area (Å²) in [7, 11) is 0. The minimum Gasteiger partial charge on any atom is -0.402 e. The maximum absolute atomic E-state index is 13.1. The van der Waals surface area contributed by atoms with Crippen LogP contribution in [-0.2, 0) is 12.0 Å². The van der Waals surface area contributed by atoms with Crippen molar-refractivity contribution in [3.63, 3.8) is 0 Å². The average molecular weight is 490 g/mol. The van der Waals surface area contributed by atoms with E-state index in [1.807, 2.05) is 17.7 Å². The van der Waals surface area contributed by atoms with Gasteiger partial charge in [0.15, 0.2) is 11.6 Å². The molecule has 2 aliphatic rings. The topological polar surface area (TPSA) is 98.3 Å². The fourth-order valence-electron chi connectivity index (χ4n) is 4.66. The van der Waals surface area contributed by atoms with Crippen LogP contribution in [0, 0.1) is 5.82 Å². The van der Waals surface area contributed by atoms with Crippen LogP contribution < -0.4 is 15.8 Å². The second kappa shape index (κ2) is 8.14. The Hall–Kier alpha value is -3.83. The number of alkyl halides is 3. The lowest BCUT2D eigenvalue weighted by Gasteiger charge is -2.47. The van der Waals surface area contributed by atoms with Gasteiger partial charge in [0.1, 0.15) is 5.82 Å². The molecule has 3 aromatic rings. The third-order valence-corrected chi connectivity index (χ3v) is 6.51. The van der Waals surface area contributed by atoms with Gasteiger partial charge in [0, 0.05) is 42.5 Å². The fourth-order valence-corrected chi connectivity index (χ4v) is 4.66. The van der Waals surface area contributed by atoms with E-state index in [1.165, 1.54) is 18.3 Å². The maximum atomic E-state index is 13.1. The molecule has 35 heavy (non-hydrogen) atoms. The van der Waals surface area contributed by atoms with E-state index in [4.69, 9.17) is 5.73 Å². The van der Waals surface area contributed by atoms with Crippen molar-refractivity contribution in [2.75, 3.05) is 18.8 Å². The summed E-state index contributed by atoms with van der Waals surface area (Å²) in [5.41, 5.74) is 7.76. The summed E-state index contributed by atoms with van der Waals surface area (Å²) in [6.45, 7) is 3.44. The number of likely N-dealkylation sites (tertiary alicyclic amines) is 1. The number of aromatic nitrogens is 3. The molecule has 1 atom stereocenters. The summed E-state index contributed by atoms with van der Waals surface area (Å²) in [4.78, 5) is 18.2. The number of urea groups is 1. The highest BCUT2D eigenvalue weighted by Gasteiger charge is 2.51. The minimum atomic E-state index is -4.89. The molecule has 184 valence electrons. The van der Waals surface area contributed by atoms with Crippen LogP contribution in [0.2, 0.25) is 0 Å². The molecule has 2 aliphatic heterocycles. The Balaban J connectivity index is 1.28. The number of pyridine rings is 1. The number of aryl methyl sites for hydroxylation is 1. The summed E-state index contributed by atoms with van der Waals surface area (Å²) in [6, 6.07) is 8.43. The Morgan fingerprint density at radius 1 is 1.23 bits per heavy atom. The van der Waals surface area contributed by atoms with Crippen LogP contribution in [0.4, 0.5) is 28.2 Å². The molecule has 5 rings (SSSR count). The van der Waals surface area contributed by atoms with Crippen LogP contribution in [0.15, 0.2) is 42.6 Å². The molecular weight excluding hydrogens is 468 g/mol. The maximum Gasteiger partial charge on any atom is 0.573 e. The lowest BCUT2D eigenvalue weighted by atomic mass is 9.76. The van der Waals surface area contributed by atoms with Gasteiger partial charge in [-0.05, 0) is 43.2 Å². The lowest BCUT2D eigenvalue weighted by molar-refractivity contribution is -0.274. The molecule has 2 amide bonds. The van der Waals surface area contributed by atoms with E-state index in [1.54, 1.807) is 17.0 Å². The molecule has 0 bridgehead atoms. The minimum absolute atomic E-state index is 0.220. The SMILES string of the molecule is CC(NC(=O)N1CC2(CCn3nc(-c4cnc(N)c(OC(F)(F)F)c4)cc32)C1)c1ccc(F)cc1. The number of nitrogen functional groups attached to an aromatic ring is 1. The fraction of sp³-hybridized carbons (Fsp3) is 0.348. The first kappa shape index (κ1) is 22.9. The summed E-state index contributed by atoms with van der Waals surface area (Å²) in [6.07, 6.45) is -2.74. The zero-order valence-electron chi connectivity index (χ0n) is 18.6. The highest BCUT2D eigenvalue weighted by atomic mass is 19.4. The van der Waals surface area contributed by atoms with Gasteiger partial charge in [-0.3, -0.25) is 4.68 Å². The lowest BCUT2D eigenvalue weighted by Crippen LogP contribution is -2.62. The zero-order chi connectivity index (χ0) is 25.0. The molecule has 1 saturated heterocycles. The number of carbonyl (C=O) groups excluding carboxylic acids is 1. The van der Waals surface area contributed by atoms with Crippen LogP contribution >= 0.6 is 0 Å². The first-order valence-corrected chi connectivity index (χ1v) is 10.9. The number of carbonyl (C=O) groups is 1. The van der Waals surface area contributed by atoms with Gasteiger partial charge in [0.2, 0.25) is 0 Å². The Morgan fingerprint density at radius 3 is 2.63 bits per heavy atom. The van der Waals surface area contributed by atoms with Gasteiger partial charge in [-0.1, -0.05) is 12.1 Å². The molecule has 3 N–H and O–H groups in total. The van der Waals surface area contributed by atoms with E-state index in [0.29, 0.717) is 30.9 Å². The highest BCUT2D eigenvalue weighted by Crippen LogP contribution is 2.44. The van der Waals surface area contributed by atoms with Crippen molar-refractivity contribution in [1.29, 1.82) is 0 Å². The van der Waals surface area contributed by atoms with Gasteiger partial charge in [-0.2, -0.15) is 5.10 Å². The number of hydrogen-bond donors (Lipinski definition) is 2. The van der Waals surface area contributed by atoms with Gasteiger partial charge in [-0.25, -0.2) is 14.2 Å². The summed E-state index contributed by atoms with van der Waals surface area (Å²) in [5.74, 6) is -1.29. The highest BCUT2D eigenvalue weighted by molar-refractivity contribution is 5.76. The average Bonchev–Trinajstić information content (AvgIpc) is 3.33. The molecule has 1 spiro atoms. The number of amides is 2. The van der Waals surface area contributed by atoms with Gasteiger partial charge in [0.05, 0.1) is 11.7 Å². The predicted octanol–water partition coefficient (Wildman–Crippen LogP) is 3.99. The first-order chi connectivity index (χ1) is 16.5. The summed E-state index contributed by atoms with van der Waals surface area (Å²) in [5, 5.41) is 7.45. The van der Waals surface area contributed by atoms with E-state index < -0.39 is 12.1 Å². The van der Waals surface area contributed by atoms with Crippen LogP contribution in [0.1, 0.15) is 30.6 Å². The van der Waals surface area contributed by atoms with E-state index in [0.717, 1.165) is 23.7 Å². The molecular formula is C23H22F4N6O2. The molecule has 1 aromatic carbocycles. The van der Waals surface area contributed by atoms with Crippen molar-refractivity contribution in [3.8, 4) is 17.0 Å². The number of rotatable bonds is 4. The third-order valence-electron chi connectivity index (χ3n) is 6.51. The number of halogens is 4. The van der Waals surface area contributed by atoms with Crippen molar-refractivity contribution in [2.24, 2.45) is 0 Å². The molecule has 1 fully saturated rings. The summed E-state index contributed by atoms with van der Waals surface area (Å²) >= 11 is 0. The second-order valence-corrected chi connectivity index (χ2v) is 8.90. The monoisotopic (exact) mass is 490 g/mol. The number of fused-ring (bicyclic) bond motifs is 2. The molecule has 0 saturated carbocycles. The smallest absolute Gasteiger partial charge is 0.402 e. The zero-order valence-corrected chi connectivity index (χ0v) is 18.6.